The zero-order valence-corrected chi connectivity index (χ0v) is 12.8. The molecule has 0 aliphatic carbocycles. The highest BCUT2D eigenvalue weighted by atomic mass is 35.5. The number of hydrogen-bond acceptors (Lipinski definition) is 2. The van der Waals surface area contributed by atoms with E-state index < -0.39 is 0 Å². The van der Waals surface area contributed by atoms with E-state index in [1.807, 2.05) is 36.4 Å². The number of hydrogen-bond donors (Lipinski definition) is 1. The van der Waals surface area contributed by atoms with Crippen LogP contribution in [0.5, 0.6) is 0 Å². The molecule has 0 aliphatic heterocycles. The van der Waals surface area contributed by atoms with Gasteiger partial charge in [0.25, 0.3) is 0 Å². The van der Waals surface area contributed by atoms with Crippen molar-refractivity contribution < 1.29 is 0 Å². The van der Waals surface area contributed by atoms with E-state index in [0.717, 1.165) is 47.0 Å². The van der Waals surface area contributed by atoms with E-state index in [1.165, 1.54) is 5.56 Å². The van der Waals surface area contributed by atoms with Crippen LogP contribution in [0.4, 0.5) is 5.69 Å². The average Bonchev–Trinajstić information content (AvgIpc) is 2.82. The number of benzene rings is 2. The van der Waals surface area contributed by atoms with Crippen LogP contribution in [0.2, 0.25) is 5.02 Å². The van der Waals surface area contributed by atoms with Crippen molar-refractivity contribution in [2.75, 3.05) is 5.73 Å². The third kappa shape index (κ3) is 2.88. The van der Waals surface area contributed by atoms with Crippen LogP contribution in [0.1, 0.15) is 18.3 Å². The van der Waals surface area contributed by atoms with Crippen molar-refractivity contribution in [2.24, 2.45) is 0 Å². The van der Waals surface area contributed by atoms with Crippen LogP contribution in [-0.4, -0.2) is 9.55 Å². The molecule has 0 aliphatic rings. The molecule has 4 heteroatoms. The molecule has 2 aromatic carbocycles. The molecular formula is C17H18ClN3. The molecule has 3 nitrogen and oxygen atoms in total. The zero-order chi connectivity index (χ0) is 14.8. The van der Waals surface area contributed by atoms with Crippen LogP contribution in [0.3, 0.4) is 0 Å². The van der Waals surface area contributed by atoms with Gasteiger partial charge >= 0.3 is 0 Å². The molecule has 1 heterocycles. The first-order chi connectivity index (χ1) is 10.2. The molecule has 0 saturated carbocycles. The third-order valence-corrected chi connectivity index (χ3v) is 3.93. The van der Waals surface area contributed by atoms with Gasteiger partial charge in [-0.25, -0.2) is 4.98 Å². The number of rotatable bonds is 4. The fraction of sp³-hybridized carbons (Fsp3) is 0.235. The van der Waals surface area contributed by atoms with E-state index in [2.05, 4.69) is 17.6 Å². The molecule has 0 spiro atoms. The molecule has 0 fully saturated rings. The maximum Gasteiger partial charge on any atom is 0.110 e. The second-order valence-corrected chi connectivity index (χ2v) is 5.59. The van der Waals surface area contributed by atoms with Crippen LogP contribution in [0.25, 0.3) is 11.0 Å². The van der Waals surface area contributed by atoms with Gasteiger partial charge in [0, 0.05) is 23.7 Å². The van der Waals surface area contributed by atoms with Gasteiger partial charge in [-0.1, -0.05) is 23.7 Å². The summed E-state index contributed by atoms with van der Waals surface area (Å²) >= 11 is 6.09. The summed E-state index contributed by atoms with van der Waals surface area (Å²) in [7, 11) is 0. The average molecular weight is 300 g/mol. The highest BCUT2D eigenvalue weighted by molar-refractivity contribution is 6.31. The topological polar surface area (TPSA) is 43.8 Å². The molecule has 0 bridgehead atoms. The molecule has 0 saturated heterocycles. The normalized spacial score (nSPS) is 11.1. The van der Waals surface area contributed by atoms with E-state index >= 15 is 0 Å². The second-order valence-electron chi connectivity index (χ2n) is 5.15. The van der Waals surface area contributed by atoms with Crippen molar-refractivity contribution >= 4 is 28.3 Å². The summed E-state index contributed by atoms with van der Waals surface area (Å²) in [5, 5.41) is 0.750. The van der Waals surface area contributed by atoms with Crippen molar-refractivity contribution in [1.82, 2.24) is 9.55 Å². The first-order valence-electron chi connectivity index (χ1n) is 7.16. The fourth-order valence-electron chi connectivity index (χ4n) is 2.69. The van der Waals surface area contributed by atoms with Crippen molar-refractivity contribution in [2.45, 2.75) is 26.3 Å². The number of halogens is 1. The Kier molecular flexibility index (Phi) is 3.84. The van der Waals surface area contributed by atoms with Gasteiger partial charge in [0.05, 0.1) is 11.0 Å². The lowest BCUT2D eigenvalue weighted by Crippen LogP contribution is -2.03. The van der Waals surface area contributed by atoms with Gasteiger partial charge in [-0.05, 0) is 49.2 Å². The Morgan fingerprint density at radius 3 is 2.76 bits per heavy atom. The Hall–Kier alpha value is -2.00. The zero-order valence-electron chi connectivity index (χ0n) is 12.0. The molecule has 3 rings (SSSR count). The van der Waals surface area contributed by atoms with Gasteiger partial charge in [0.2, 0.25) is 0 Å². The van der Waals surface area contributed by atoms with Crippen LogP contribution in [0, 0.1) is 0 Å². The van der Waals surface area contributed by atoms with Crippen molar-refractivity contribution in [3.05, 3.63) is 58.9 Å². The van der Waals surface area contributed by atoms with Crippen LogP contribution < -0.4 is 5.73 Å². The van der Waals surface area contributed by atoms with E-state index in [-0.39, 0.29) is 0 Å². The van der Waals surface area contributed by atoms with Crippen LogP contribution in [0.15, 0.2) is 42.5 Å². The largest absolute Gasteiger partial charge is 0.399 e. The Balaban J connectivity index is 1.90. The minimum absolute atomic E-state index is 0.750. The maximum atomic E-state index is 6.09. The number of aryl methyl sites for hydroxylation is 3. The lowest BCUT2D eigenvalue weighted by Gasteiger charge is -2.06. The summed E-state index contributed by atoms with van der Waals surface area (Å²) in [6.07, 6.45) is 1.83. The molecule has 2 N–H and O–H groups in total. The highest BCUT2D eigenvalue weighted by Crippen LogP contribution is 2.21. The third-order valence-electron chi connectivity index (χ3n) is 3.69. The summed E-state index contributed by atoms with van der Waals surface area (Å²) in [6, 6.07) is 13.9. The number of aromatic nitrogens is 2. The minimum Gasteiger partial charge on any atom is -0.399 e. The van der Waals surface area contributed by atoms with Crippen LogP contribution >= 0.6 is 11.6 Å². The van der Waals surface area contributed by atoms with E-state index in [4.69, 9.17) is 22.3 Å². The van der Waals surface area contributed by atoms with Gasteiger partial charge in [-0.3, -0.25) is 0 Å². The Morgan fingerprint density at radius 1 is 1.14 bits per heavy atom. The van der Waals surface area contributed by atoms with E-state index in [0.29, 0.717) is 0 Å². The van der Waals surface area contributed by atoms with Gasteiger partial charge in [-0.15, -0.1) is 0 Å². The standard InChI is InChI=1S/C17H18ClN3/c1-2-21-16-11-13(18)7-8-15(16)20-17(21)9-6-12-4-3-5-14(19)10-12/h3-5,7-8,10-11H,2,6,9,19H2,1H3. The number of fused-ring (bicyclic) bond motifs is 1. The van der Waals surface area contributed by atoms with E-state index in [1.54, 1.807) is 0 Å². The molecule has 0 unspecified atom stereocenters. The number of nitrogen functional groups attached to an aromatic ring is 1. The number of anilines is 1. The van der Waals surface area contributed by atoms with Gasteiger partial charge in [0.1, 0.15) is 5.82 Å². The maximum absolute atomic E-state index is 6.09. The first kappa shape index (κ1) is 14.0. The van der Waals surface area contributed by atoms with E-state index in [9.17, 15) is 0 Å². The summed E-state index contributed by atoms with van der Waals surface area (Å²) in [4.78, 5) is 4.74. The Labute approximate surface area is 129 Å². The quantitative estimate of drug-likeness (QED) is 0.738. The molecule has 0 atom stereocenters. The number of imidazole rings is 1. The first-order valence-corrected chi connectivity index (χ1v) is 7.54. The molecular weight excluding hydrogens is 282 g/mol. The predicted molar refractivity (Wildman–Crippen MR) is 88.7 cm³/mol. The minimum atomic E-state index is 0.750. The second kappa shape index (κ2) is 5.78. The summed E-state index contributed by atoms with van der Waals surface area (Å²) in [5.74, 6) is 1.09. The summed E-state index contributed by atoms with van der Waals surface area (Å²) in [6.45, 7) is 3.02. The molecule has 0 radical (unpaired) electrons. The Bertz CT molecular complexity index is 777. The SMILES string of the molecule is CCn1c(CCc2cccc(N)c2)nc2ccc(Cl)cc21. The molecule has 21 heavy (non-hydrogen) atoms. The van der Waals surface area contributed by atoms with Crippen molar-refractivity contribution in [3.8, 4) is 0 Å². The number of nitrogens with zero attached hydrogens (tertiary/aromatic N) is 2. The number of nitrogens with two attached hydrogens (primary N) is 1. The predicted octanol–water partition coefficient (Wildman–Crippen LogP) is 4.08. The van der Waals surface area contributed by atoms with Crippen molar-refractivity contribution in [3.63, 3.8) is 0 Å². The van der Waals surface area contributed by atoms with Crippen molar-refractivity contribution in [1.29, 1.82) is 0 Å². The van der Waals surface area contributed by atoms with Gasteiger partial charge in [0.15, 0.2) is 0 Å². The molecule has 1 aromatic heterocycles. The molecule has 0 amide bonds. The summed E-state index contributed by atoms with van der Waals surface area (Å²) < 4.78 is 2.23. The monoisotopic (exact) mass is 299 g/mol. The Morgan fingerprint density at radius 2 is 2.00 bits per heavy atom. The van der Waals surface area contributed by atoms with Gasteiger partial charge in [-0.2, -0.15) is 0 Å². The fourth-order valence-corrected chi connectivity index (χ4v) is 2.86. The molecule has 108 valence electrons. The molecule has 3 aromatic rings. The highest BCUT2D eigenvalue weighted by Gasteiger charge is 2.10. The smallest absolute Gasteiger partial charge is 0.110 e. The van der Waals surface area contributed by atoms with Gasteiger partial charge < -0.3 is 10.3 Å². The van der Waals surface area contributed by atoms with Crippen LogP contribution in [-0.2, 0) is 19.4 Å². The lowest BCUT2D eigenvalue weighted by atomic mass is 10.1. The lowest BCUT2D eigenvalue weighted by molar-refractivity contribution is 0.707. The summed E-state index contributed by atoms with van der Waals surface area (Å²) in [5.41, 5.74) is 9.98.